The molecule has 0 fully saturated rings. The van der Waals surface area contributed by atoms with Gasteiger partial charge in [0.2, 0.25) is 0 Å². The normalized spacial score (nSPS) is 14.5. The van der Waals surface area contributed by atoms with E-state index in [1.807, 2.05) is 19.1 Å². The minimum atomic E-state index is 1.14. The van der Waals surface area contributed by atoms with E-state index in [4.69, 9.17) is 0 Å². The summed E-state index contributed by atoms with van der Waals surface area (Å²) in [5.74, 6) is 0. The molecule has 0 radical (unpaired) electrons. The van der Waals surface area contributed by atoms with E-state index in [-0.39, 0.29) is 0 Å². The second-order valence-corrected chi connectivity index (χ2v) is 2.70. The van der Waals surface area contributed by atoms with Gasteiger partial charge in [-0.3, -0.25) is 0 Å². The van der Waals surface area contributed by atoms with E-state index in [9.17, 15) is 0 Å². The largest absolute Gasteiger partial charge is 0.0877 e. The van der Waals surface area contributed by atoms with Crippen LogP contribution in [0.2, 0.25) is 0 Å². The molecule has 11 heavy (non-hydrogen) atoms. The standard InChI is InChI=1S/C11H18/c1-5-7-8-9-11(4)10(3)6-2/h5,7-9H,6H2,1-4H3. The molecule has 0 bridgehead atoms. The molecule has 0 amide bonds. The summed E-state index contributed by atoms with van der Waals surface area (Å²) in [6.45, 7) is 8.53. The van der Waals surface area contributed by atoms with Gasteiger partial charge in [-0.15, -0.1) is 0 Å². The van der Waals surface area contributed by atoms with Gasteiger partial charge >= 0.3 is 0 Å². The lowest BCUT2D eigenvalue weighted by atomic mass is 10.1. The van der Waals surface area contributed by atoms with Gasteiger partial charge in [-0.25, -0.2) is 0 Å². The first-order valence-corrected chi connectivity index (χ1v) is 4.18. The van der Waals surface area contributed by atoms with Gasteiger partial charge in [-0.1, -0.05) is 42.4 Å². The maximum absolute atomic E-state index is 2.18. The lowest BCUT2D eigenvalue weighted by Gasteiger charge is -1.97. The number of hydrogen-bond donors (Lipinski definition) is 0. The maximum Gasteiger partial charge on any atom is -0.0346 e. The third kappa shape index (κ3) is 4.60. The van der Waals surface area contributed by atoms with E-state index in [2.05, 4.69) is 32.9 Å². The highest BCUT2D eigenvalue weighted by molar-refractivity contribution is 5.24. The first kappa shape index (κ1) is 10.2. The average Bonchev–Trinajstić information content (AvgIpc) is 2.03. The zero-order chi connectivity index (χ0) is 8.69. The zero-order valence-corrected chi connectivity index (χ0v) is 8.02. The minimum Gasteiger partial charge on any atom is -0.0877 e. The van der Waals surface area contributed by atoms with Crippen LogP contribution in [-0.2, 0) is 0 Å². The first-order chi connectivity index (χ1) is 5.22. The Morgan fingerprint density at radius 3 is 2.27 bits per heavy atom. The Morgan fingerprint density at radius 1 is 1.18 bits per heavy atom. The van der Waals surface area contributed by atoms with Crippen LogP contribution >= 0.6 is 0 Å². The zero-order valence-electron chi connectivity index (χ0n) is 8.02. The third-order valence-corrected chi connectivity index (χ3v) is 1.85. The summed E-state index contributed by atoms with van der Waals surface area (Å²) in [7, 11) is 0. The number of allylic oxidation sites excluding steroid dienone is 6. The number of rotatable bonds is 3. The summed E-state index contributed by atoms with van der Waals surface area (Å²) in [5, 5.41) is 0. The van der Waals surface area contributed by atoms with E-state index in [0.29, 0.717) is 0 Å². The summed E-state index contributed by atoms with van der Waals surface area (Å²) in [6, 6.07) is 0. The van der Waals surface area contributed by atoms with Gasteiger partial charge in [0.15, 0.2) is 0 Å². The van der Waals surface area contributed by atoms with E-state index < -0.39 is 0 Å². The van der Waals surface area contributed by atoms with Crippen molar-refractivity contribution >= 4 is 0 Å². The quantitative estimate of drug-likeness (QED) is 0.536. The van der Waals surface area contributed by atoms with Crippen molar-refractivity contribution < 1.29 is 0 Å². The molecule has 0 aromatic carbocycles. The number of hydrogen-bond acceptors (Lipinski definition) is 0. The summed E-state index contributed by atoms with van der Waals surface area (Å²) in [6.07, 6.45) is 9.46. The molecule has 0 unspecified atom stereocenters. The molecule has 0 N–H and O–H groups in total. The Morgan fingerprint density at radius 2 is 1.82 bits per heavy atom. The van der Waals surface area contributed by atoms with Crippen LogP contribution in [0.1, 0.15) is 34.1 Å². The highest BCUT2D eigenvalue weighted by Crippen LogP contribution is 2.07. The summed E-state index contributed by atoms with van der Waals surface area (Å²) >= 11 is 0. The lowest BCUT2D eigenvalue weighted by Crippen LogP contribution is -1.76. The Labute approximate surface area is 70.3 Å². The third-order valence-electron chi connectivity index (χ3n) is 1.85. The molecule has 0 aromatic heterocycles. The van der Waals surface area contributed by atoms with Crippen LogP contribution in [0.4, 0.5) is 0 Å². The Hall–Kier alpha value is -0.780. The molecule has 0 nitrogen and oxygen atoms in total. The molecule has 0 saturated heterocycles. The highest BCUT2D eigenvalue weighted by Gasteiger charge is 1.87. The second kappa shape index (κ2) is 5.96. The average molecular weight is 150 g/mol. The molecule has 0 aliphatic carbocycles. The monoisotopic (exact) mass is 150 g/mol. The molecule has 0 atom stereocenters. The molecule has 0 aromatic rings. The summed E-state index contributed by atoms with van der Waals surface area (Å²) in [5.41, 5.74) is 2.84. The van der Waals surface area contributed by atoms with Crippen LogP contribution in [0, 0.1) is 0 Å². The highest BCUT2D eigenvalue weighted by atomic mass is 13.9. The molecule has 0 aliphatic rings. The topological polar surface area (TPSA) is 0 Å². The van der Waals surface area contributed by atoms with Crippen LogP contribution < -0.4 is 0 Å². The maximum atomic E-state index is 2.18. The fourth-order valence-electron chi connectivity index (χ4n) is 0.732. The molecular weight excluding hydrogens is 132 g/mol. The van der Waals surface area contributed by atoms with Crippen molar-refractivity contribution in [1.29, 1.82) is 0 Å². The predicted octanol–water partition coefficient (Wildman–Crippen LogP) is 3.87. The van der Waals surface area contributed by atoms with Crippen LogP contribution in [0.3, 0.4) is 0 Å². The summed E-state index contributed by atoms with van der Waals surface area (Å²) < 4.78 is 0. The van der Waals surface area contributed by atoms with Gasteiger partial charge in [0.25, 0.3) is 0 Å². The lowest BCUT2D eigenvalue weighted by molar-refractivity contribution is 1.07. The Balaban J connectivity index is 4.14. The second-order valence-electron chi connectivity index (χ2n) is 2.70. The van der Waals surface area contributed by atoms with Crippen LogP contribution in [0.15, 0.2) is 35.5 Å². The van der Waals surface area contributed by atoms with Crippen LogP contribution in [0.5, 0.6) is 0 Å². The van der Waals surface area contributed by atoms with Gasteiger partial charge in [-0.05, 0) is 27.2 Å². The van der Waals surface area contributed by atoms with Crippen molar-refractivity contribution in [3.8, 4) is 0 Å². The molecule has 0 rings (SSSR count). The van der Waals surface area contributed by atoms with Crippen molar-refractivity contribution in [2.24, 2.45) is 0 Å². The van der Waals surface area contributed by atoms with Crippen molar-refractivity contribution in [3.05, 3.63) is 35.5 Å². The van der Waals surface area contributed by atoms with E-state index in [1.165, 1.54) is 11.1 Å². The Kier molecular flexibility index (Phi) is 5.54. The molecule has 0 heterocycles. The minimum absolute atomic E-state index is 1.14. The first-order valence-electron chi connectivity index (χ1n) is 4.18. The van der Waals surface area contributed by atoms with Crippen molar-refractivity contribution in [2.75, 3.05) is 0 Å². The fourth-order valence-corrected chi connectivity index (χ4v) is 0.732. The van der Waals surface area contributed by atoms with Gasteiger partial charge in [-0.2, -0.15) is 0 Å². The molecule has 0 heteroatoms. The van der Waals surface area contributed by atoms with E-state index in [1.54, 1.807) is 0 Å². The van der Waals surface area contributed by atoms with Crippen molar-refractivity contribution in [1.82, 2.24) is 0 Å². The van der Waals surface area contributed by atoms with Gasteiger partial charge in [0.05, 0.1) is 0 Å². The molecule has 62 valence electrons. The molecule has 0 aliphatic heterocycles. The van der Waals surface area contributed by atoms with Crippen LogP contribution in [-0.4, -0.2) is 0 Å². The van der Waals surface area contributed by atoms with E-state index in [0.717, 1.165) is 6.42 Å². The van der Waals surface area contributed by atoms with Crippen molar-refractivity contribution in [2.45, 2.75) is 34.1 Å². The molecule has 0 saturated carbocycles. The summed E-state index contributed by atoms with van der Waals surface area (Å²) in [4.78, 5) is 0. The smallest absolute Gasteiger partial charge is 0.0346 e. The molecular formula is C11H18. The molecule has 0 spiro atoms. The fraction of sp³-hybridized carbons (Fsp3) is 0.455. The SMILES string of the molecule is CC=CC=CC(C)=C(C)CC. The van der Waals surface area contributed by atoms with Crippen molar-refractivity contribution in [3.63, 3.8) is 0 Å². The van der Waals surface area contributed by atoms with Gasteiger partial charge < -0.3 is 0 Å². The van der Waals surface area contributed by atoms with Gasteiger partial charge in [0, 0.05) is 0 Å². The predicted molar refractivity (Wildman–Crippen MR) is 52.6 cm³/mol. The van der Waals surface area contributed by atoms with Gasteiger partial charge in [0.1, 0.15) is 0 Å². The van der Waals surface area contributed by atoms with E-state index >= 15 is 0 Å². The Bertz CT molecular complexity index is 180. The van der Waals surface area contributed by atoms with Crippen LogP contribution in [0.25, 0.3) is 0 Å².